The summed E-state index contributed by atoms with van der Waals surface area (Å²) in [6, 6.07) is 13.0. The molecule has 5 nitrogen and oxygen atoms in total. The molecule has 0 aliphatic rings. The minimum absolute atomic E-state index is 0.197. The molecular formula is C14H12N2O3. The number of benzene rings is 1. The van der Waals surface area contributed by atoms with Gasteiger partial charge in [0.25, 0.3) is 5.91 Å². The van der Waals surface area contributed by atoms with Crippen LogP contribution in [-0.2, 0) is 4.79 Å². The predicted octanol–water partition coefficient (Wildman–Crippen LogP) is 1.56. The molecule has 0 aliphatic carbocycles. The van der Waals surface area contributed by atoms with Crippen molar-refractivity contribution >= 4 is 11.9 Å². The van der Waals surface area contributed by atoms with Gasteiger partial charge in [-0.25, -0.2) is 0 Å². The van der Waals surface area contributed by atoms with Crippen LogP contribution in [-0.4, -0.2) is 28.5 Å². The van der Waals surface area contributed by atoms with Crippen molar-refractivity contribution < 1.29 is 14.7 Å². The first kappa shape index (κ1) is 12.8. The molecule has 0 aliphatic heterocycles. The molecule has 0 fully saturated rings. The first-order chi connectivity index (χ1) is 9.16. The van der Waals surface area contributed by atoms with Crippen molar-refractivity contribution in [2.45, 2.75) is 0 Å². The molecular weight excluding hydrogens is 244 g/mol. The van der Waals surface area contributed by atoms with Crippen LogP contribution in [0, 0.1) is 0 Å². The maximum atomic E-state index is 11.7. The van der Waals surface area contributed by atoms with Gasteiger partial charge in [-0.2, -0.15) is 0 Å². The number of hydrogen-bond donors (Lipinski definition) is 2. The monoisotopic (exact) mass is 256 g/mol. The minimum Gasteiger partial charge on any atom is -0.480 e. The Bertz CT molecular complexity index is 597. The fourth-order valence-corrected chi connectivity index (χ4v) is 1.61. The molecule has 19 heavy (non-hydrogen) atoms. The highest BCUT2D eigenvalue weighted by Gasteiger charge is 2.09. The quantitative estimate of drug-likeness (QED) is 0.870. The molecule has 0 saturated heterocycles. The Hall–Kier alpha value is -2.69. The van der Waals surface area contributed by atoms with Crippen molar-refractivity contribution in [1.29, 1.82) is 0 Å². The zero-order valence-corrected chi connectivity index (χ0v) is 10.0. The van der Waals surface area contributed by atoms with Crippen LogP contribution in [0.3, 0.4) is 0 Å². The summed E-state index contributed by atoms with van der Waals surface area (Å²) in [6.07, 6.45) is 1.53. The molecule has 1 aromatic carbocycles. The van der Waals surface area contributed by atoms with Crippen LogP contribution < -0.4 is 5.32 Å². The van der Waals surface area contributed by atoms with E-state index in [-0.39, 0.29) is 5.69 Å². The third-order valence-electron chi connectivity index (χ3n) is 2.50. The largest absolute Gasteiger partial charge is 0.480 e. The summed E-state index contributed by atoms with van der Waals surface area (Å²) in [7, 11) is 0. The number of nitrogens with zero attached hydrogens (tertiary/aromatic N) is 1. The number of rotatable bonds is 4. The molecule has 1 amide bonds. The number of hydrogen-bond acceptors (Lipinski definition) is 3. The summed E-state index contributed by atoms with van der Waals surface area (Å²) in [4.78, 5) is 26.0. The second kappa shape index (κ2) is 5.77. The van der Waals surface area contributed by atoms with Gasteiger partial charge in [0.1, 0.15) is 12.2 Å². The summed E-state index contributed by atoms with van der Waals surface area (Å²) >= 11 is 0. The van der Waals surface area contributed by atoms with Gasteiger partial charge in [-0.15, -0.1) is 0 Å². The van der Waals surface area contributed by atoms with E-state index in [1.165, 1.54) is 6.20 Å². The van der Waals surface area contributed by atoms with E-state index in [0.717, 1.165) is 11.1 Å². The van der Waals surface area contributed by atoms with Gasteiger partial charge in [0.15, 0.2) is 0 Å². The Morgan fingerprint density at radius 3 is 2.53 bits per heavy atom. The summed E-state index contributed by atoms with van der Waals surface area (Å²) in [5, 5.41) is 10.8. The normalized spacial score (nSPS) is 9.89. The van der Waals surface area contributed by atoms with E-state index < -0.39 is 18.4 Å². The number of pyridine rings is 1. The number of aliphatic carboxylic acids is 1. The first-order valence-corrected chi connectivity index (χ1v) is 5.68. The number of aromatic nitrogens is 1. The van der Waals surface area contributed by atoms with Crippen molar-refractivity contribution in [3.05, 3.63) is 54.4 Å². The predicted molar refractivity (Wildman–Crippen MR) is 69.6 cm³/mol. The van der Waals surface area contributed by atoms with E-state index in [2.05, 4.69) is 10.3 Å². The minimum atomic E-state index is -1.09. The molecule has 0 atom stereocenters. The van der Waals surface area contributed by atoms with Crippen LogP contribution in [0.15, 0.2) is 48.7 Å². The summed E-state index contributed by atoms with van der Waals surface area (Å²) in [6.45, 7) is -0.421. The fraction of sp³-hybridized carbons (Fsp3) is 0.0714. The van der Waals surface area contributed by atoms with E-state index in [9.17, 15) is 9.59 Å². The third-order valence-corrected chi connectivity index (χ3v) is 2.50. The highest BCUT2D eigenvalue weighted by Crippen LogP contribution is 2.18. The van der Waals surface area contributed by atoms with E-state index >= 15 is 0 Å². The van der Waals surface area contributed by atoms with Gasteiger partial charge in [-0.3, -0.25) is 14.6 Å². The van der Waals surface area contributed by atoms with Crippen molar-refractivity contribution in [3.8, 4) is 11.1 Å². The first-order valence-electron chi connectivity index (χ1n) is 5.68. The molecule has 5 heteroatoms. The zero-order valence-electron chi connectivity index (χ0n) is 10.0. The highest BCUT2D eigenvalue weighted by molar-refractivity contribution is 5.95. The van der Waals surface area contributed by atoms with Crippen LogP contribution in [0.1, 0.15) is 10.5 Å². The molecule has 2 rings (SSSR count). The Balaban J connectivity index is 2.20. The van der Waals surface area contributed by atoms with E-state index in [0.29, 0.717) is 0 Å². The smallest absolute Gasteiger partial charge is 0.322 e. The molecule has 2 aromatic rings. The van der Waals surface area contributed by atoms with Crippen LogP contribution in [0.2, 0.25) is 0 Å². The second-order valence-electron chi connectivity index (χ2n) is 3.87. The SMILES string of the molecule is O=C(O)CNC(=O)c1cc(-c2ccccc2)ccn1. The lowest BCUT2D eigenvalue weighted by Crippen LogP contribution is -2.29. The Labute approximate surface area is 109 Å². The van der Waals surface area contributed by atoms with E-state index in [1.807, 2.05) is 30.3 Å². The molecule has 0 saturated carbocycles. The summed E-state index contributed by atoms with van der Waals surface area (Å²) in [5.41, 5.74) is 2.02. The van der Waals surface area contributed by atoms with E-state index in [1.54, 1.807) is 12.1 Å². The van der Waals surface area contributed by atoms with Gasteiger partial charge >= 0.3 is 5.97 Å². The van der Waals surface area contributed by atoms with Gasteiger partial charge in [0.2, 0.25) is 0 Å². The van der Waals surface area contributed by atoms with Gasteiger partial charge < -0.3 is 10.4 Å². The van der Waals surface area contributed by atoms with Gasteiger partial charge in [0, 0.05) is 6.20 Å². The molecule has 0 bridgehead atoms. The molecule has 2 N–H and O–H groups in total. The lowest BCUT2D eigenvalue weighted by molar-refractivity contribution is -0.135. The fourth-order valence-electron chi connectivity index (χ4n) is 1.61. The molecule has 1 aromatic heterocycles. The van der Waals surface area contributed by atoms with Crippen molar-refractivity contribution in [2.24, 2.45) is 0 Å². The highest BCUT2D eigenvalue weighted by atomic mass is 16.4. The molecule has 96 valence electrons. The lowest BCUT2D eigenvalue weighted by Gasteiger charge is -2.05. The van der Waals surface area contributed by atoms with E-state index in [4.69, 9.17) is 5.11 Å². The van der Waals surface area contributed by atoms with Gasteiger partial charge in [0.05, 0.1) is 0 Å². The number of nitrogens with one attached hydrogen (secondary N) is 1. The summed E-state index contributed by atoms with van der Waals surface area (Å²) in [5.74, 6) is -1.59. The van der Waals surface area contributed by atoms with Crippen LogP contribution in [0.25, 0.3) is 11.1 Å². The van der Waals surface area contributed by atoms with Gasteiger partial charge in [-0.05, 0) is 23.3 Å². The molecule has 0 unspecified atom stereocenters. The second-order valence-corrected chi connectivity index (χ2v) is 3.87. The average molecular weight is 256 g/mol. The standard InChI is InChI=1S/C14H12N2O3/c17-13(18)9-16-14(19)12-8-11(6-7-15-12)10-4-2-1-3-5-10/h1-8H,9H2,(H,16,19)(H,17,18). The topological polar surface area (TPSA) is 79.3 Å². The van der Waals surface area contributed by atoms with Crippen molar-refractivity contribution in [3.63, 3.8) is 0 Å². The summed E-state index contributed by atoms with van der Waals surface area (Å²) < 4.78 is 0. The van der Waals surface area contributed by atoms with Crippen LogP contribution in [0.5, 0.6) is 0 Å². The molecule has 0 radical (unpaired) electrons. The van der Waals surface area contributed by atoms with Crippen LogP contribution >= 0.6 is 0 Å². The Morgan fingerprint density at radius 2 is 1.84 bits per heavy atom. The maximum Gasteiger partial charge on any atom is 0.322 e. The van der Waals surface area contributed by atoms with Crippen LogP contribution in [0.4, 0.5) is 0 Å². The average Bonchev–Trinajstić information content (AvgIpc) is 2.46. The third kappa shape index (κ3) is 3.38. The maximum absolute atomic E-state index is 11.7. The molecule has 0 spiro atoms. The number of carbonyl (C=O) groups excluding carboxylic acids is 1. The number of amides is 1. The number of carboxylic acids is 1. The lowest BCUT2D eigenvalue weighted by atomic mass is 10.1. The number of carboxylic acid groups (broad SMARTS) is 1. The van der Waals surface area contributed by atoms with Crippen molar-refractivity contribution in [2.75, 3.05) is 6.54 Å². The number of carbonyl (C=O) groups is 2. The Morgan fingerprint density at radius 1 is 1.11 bits per heavy atom. The van der Waals surface area contributed by atoms with Gasteiger partial charge in [-0.1, -0.05) is 30.3 Å². The zero-order chi connectivity index (χ0) is 13.7. The Kier molecular flexibility index (Phi) is 3.87. The molecule has 1 heterocycles. The van der Waals surface area contributed by atoms with Crippen molar-refractivity contribution in [1.82, 2.24) is 10.3 Å².